The first kappa shape index (κ1) is 44.5. The number of benzene rings is 3. The number of carbonyl (C=O) groups is 3. The Morgan fingerprint density at radius 2 is 1.48 bits per heavy atom. The van der Waals surface area contributed by atoms with Gasteiger partial charge in [-0.25, -0.2) is 0 Å². The van der Waals surface area contributed by atoms with Crippen LogP contribution in [-0.4, -0.2) is 125 Å². The van der Waals surface area contributed by atoms with Crippen LogP contribution in [0.5, 0.6) is 5.75 Å². The molecule has 0 spiro atoms. The Hall–Kier alpha value is -5.35. The normalized spacial score (nSPS) is 24.5. The molecule has 4 heterocycles. The minimum absolute atomic E-state index is 0.0821. The van der Waals surface area contributed by atoms with Crippen molar-refractivity contribution in [3.8, 4) is 17.0 Å². The first-order valence-corrected chi connectivity index (χ1v) is 24.7. The molecule has 2 saturated carbocycles. The van der Waals surface area contributed by atoms with E-state index >= 15 is 0 Å². The highest BCUT2D eigenvalue weighted by Crippen LogP contribution is 2.59. The molecule has 5 aromatic rings. The van der Waals surface area contributed by atoms with Gasteiger partial charge in [0.1, 0.15) is 24.6 Å². The molecule has 0 radical (unpaired) electrons. The van der Waals surface area contributed by atoms with Crippen LogP contribution in [0.15, 0.2) is 60.9 Å². The molecule has 5 aliphatic rings. The van der Waals surface area contributed by atoms with Gasteiger partial charge in [-0.15, -0.1) is 0 Å². The number of hydrogen-bond acceptors (Lipinski definition) is 10. The lowest BCUT2D eigenvalue weighted by molar-refractivity contribution is -0.753. The standard InChI is InChI=1S/C51H65N11O4/c1-3-62-49(64)43-8-4-7-42-41(13-14-44(48(42)43)50(62)65)46-33-61(57-55-46)30-28-59-24-6-20-52-21-25-58(23-5-19-53-22-26-59)27-29-60-32-36(54-56-60)34-66-37-10-12-38-35(31-37)9-11-40-39(38)17-18-51(2)45(40)15-16-47(51)63/h4,7-8,10,12-14,31-33,39-40,45,52-53H,3,5-6,9,11,15-30,34H2,1-2H3/p+2/t39-,40-,45+,51+/m1/s1. The maximum atomic E-state index is 13.1. The molecule has 1 saturated heterocycles. The number of amides is 2. The molecule has 3 fully saturated rings. The molecule has 10 rings (SSSR count). The van der Waals surface area contributed by atoms with E-state index in [-0.39, 0.29) is 17.2 Å². The zero-order valence-corrected chi connectivity index (χ0v) is 38.8. The van der Waals surface area contributed by atoms with Gasteiger partial charge in [0.2, 0.25) is 5.69 Å². The molecule has 0 bridgehead atoms. The highest BCUT2D eigenvalue weighted by molar-refractivity contribution is 6.26. The van der Waals surface area contributed by atoms with Crippen LogP contribution in [0.25, 0.3) is 22.0 Å². The van der Waals surface area contributed by atoms with Crippen LogP contribution in [0.2, 0.25) is 0 Å². The van der Waals surface area contributed by atoms with E-state index in [4.69, 9.17) is 4.74 Å². The highest BCUT2D eigenvalue weighted by atomic mass is 16.5. The molecule has 2 aliphatic heterocycles. The van der Waals surface area contributed by atoms with Crippen LogP contribution in [0.1, 0.15) is 102 Å². The molecule has 3 aliphatic carbocycles. The van der Waals surface area contributed by atoms with Crippen molar-refractivity contribution in [3.63, 3.8) is 0 Å². The number of carbonyl (C=O) groups excluding carboxylic acids is 3. The molecular formula is C51H67N11O4+2. The first-order chi connectivity index (χ1) is 32.3. The number of aromatic amines is 2. The second-order valence-electron chi connectivity index (χ2n) is 19.6. The topological polar surface area (TPSA) is 159 Å². The third-order valence-electron chi connectivity index (χ3n) is 15.8. The lowest BCUT2D eigenvalue weighted by Crippen LogP contribution is -2.45. The second kappa shape index (κ2) is 19.5. The van der Waals surface area contributed by atoms with Crippen molar-refractivity contribution < 1.29 is 28.5 Å². The van der Waals surface area contributed by atoms with Gasteiger partial charge in [0.05, 0.1) is 0 Å². The minimum Gasteiger partial charge on any atom is -0.485 e. The zero-order chi connectivity index (χ0) is 45.2. The summed E-state index contributed by atoms with van der Waals surface area (Å²) in [6.07, 6.45) is 12.5. The Bertz CT molecular complexity index is 2530. The molecule has 2 amide bonds. The lowest BCUT2D eigenvalue weighted by atomic mass is 9.55. The van der Waals surface area contributed by atoms with E-state index in [9.17, 15) is 14.4 Å². The number of H-pyrrole nitrogens is 2. The molecule has 0 unspecified atom stereocenters. The largest absolute Gasteiger partial charge is 0.485 e. The third-order valence-corrected chi connectivity index (χ3v) is 15.8. The monoisotopic (exact) mass is 898 g/mol. The second-order valence-corrected chi connectivity index (χ2v) is 19.6. The summed E-state index contributed by atoms with van der Waals surface area (Å²) in [5.41, 5.74) is 6.54. The number of nitrogens with zero attached hydrogens (tertiary/aromatic N) is 7. The smallest absolute Gasteiger partial charge is 0.261 e. The van der Waals surface area contributed by atoms with E-state index in [0.717, 1.165) is 152 Å². The van der Waals surface area contributed by atoms with Crippen molar-refractivity contribution in [1.29, 1.82) is 0 Å². The van der Waals surface area contributed by atoms with Gasteiger partial charge >= 0.3 is 0 Å². The summed E-state index contributed by atoms with van der Waals surface area (Å²) < 4.78 is 10.4. The number of aromatic nitrogens is 6. The average molecular weight is 898 g/mol. The summed E-state index contributed by atoms with van der Waals surface area (Å²) in [5, 5.41) is 24.6. The first-order valence-electron chi connectivity index (χ1n) is 24.7. The fourth-order valence-corrected chi connectivity index (χ4v) is 12.1. The van der Waals surface area contributed by atoms with Crippen molar-refractivity contribution in [2.75, 3.05) is 72.0 Å². The van der Waals surface area contributed by atoms with Gasteiger partial charge in [0.25, 0.3) is 17.5 Å². The van der Waals surface area contributed by atoms with E-state index in [0.29, 0.717) is 53.2 Å². The van der Waals surface area contributed by atoms with Gasteiger partial charge in [-0.05, 0) is 143 Å². The van der Waals surface area contributed by atoms with Crippen LogP contribution >= 0.6 is 0 Å². The highest BCUT2D eigenvalue weighted by Gasteiger charge is 2.54. The van der Waals surface area contributed by atoms with Gasteiger partial charge in [-0.3, -0.25) is 29.1 Å². The van der Waals surface area contributed by atoms with Crippen molar-refractivity contribution in [2.24, 2.45) is 17.3 Å². The molecule has 4 N–H and O–H groups in total. The molecule has 2 aromatic heterocycles. The average Bonchev–Trinajstić information content (AvgIpc) is 4.08. The molecule has 66 heavy (non-hydrogen) atoms. The van der Waals surface area contributed by atoms with Crippen LogP contribution < -0.4 is 24.7 Å². The van der Waals surface area contributed by atoms with E-state index in [2.05, 4.69) is 77.1 Å². The maximum absolute atomic E-state index is 13.1. The Morgan fingerprint density at radius 3 is 2.24 bits per heavy atom. The Labute approximate surface area is 387 Å². The predicted molar refractivity (Wildman–Crippen MR) is 250 cm³/mol. The molecule has 348 valence electrons. The number of ketones is 1. The Balaban J connectivity index is 0.662. The predicted octanol–water partition coefficient (Wildman–Crippen LogP) is 4.43. The van der Waals surface area contributed by atoms with Gasteiger partial charge in [-0.2, -0.15) is 9.36 Å². The van der Waals surface area contributed by atoms with E-state index in [1.54, 1.807) is 0 Å². The summed E-state index contributed by atoms with van der Waals surface area (Å²) in [6.45, 7) is 16.1. The summed E-state index contributed by atoms with van der Waals surface area (Å²) >= 11 is 0. The van der Waals surface area contributed by atoms with E-state index in [1.165, 1.54) is 22.4 Å². The van der Waals surface area contributed by atoms with Crippen molar-refractivity contribution in [3.05, 3.63) is 88.9 Å². The number of hydrogen-bond donors (Lipinski definition) is 4. The third kappa shape index (κ3) is 8.94. The summed E-state index contributed by atoms with van der Waals surface area (Å²) in [6, 6.07) is 16.2. The number of aryl methyl sites for hydroxylation is 1. The molecule has 15 nitrogen and oxygen atoms in total. The lowest BCUT2D eigenvalue weighted by Gasteiger charge is -2.48. The Morgan fingerprint density at radius 1 is 0.773 bits per heavy atom. The van der Waals surface area contributed by atoms with Crippen LogP contribution in [-0.2, 0) is 30.9 Å². The number of rotatable bonds is 11. The van der Waals surface area contributed by atoms with Crippen molar-refractivity contribution in [1.82, 2.24) is 46.0 Å². The van der Waals surface area contributed by atoms with Crippen LogP contribution in [0, 0.1) is 17.3 Å². The number of Topliss-reactive ketones (excluding diaryl/α,β-unsaturated/α-hetero) is 1. The number of ether oxygens (including phenoxy) is 1. The number of fused-ring (bicyclic) bond motifs is 5. The summed E-state index contributed by atoms with van der Waals surface area (Å²) in [5.74, 6) is 2.70. The molecule has 3 aromatic carbocycles. The molecule has 4 atom stereocenters. The molecular weight excluding hydrogens is 831 g/mol. The van der Waals surface area contributed by atoms with Crippen LogP contribution in [0.3, 0.4) is 0 Å². The quantitative estimate of drug-likeness (QED) is 0.111. The summed E-state index contributed by atoms with van der Waals surface area (Å²) in [7, 11) is 0. The van der Waals surface area contributed by atoms with Gasteiger partial charge in [0.15, 0.2) is 19.0 Å². The van der Waals surface area contributed by atoms with Crippen LogP contribution in [0.4, 0.5) is 0 Å². The van der Waals surface area contributed by atoms with E-state index in [1.807, 2.05) is 48.1 Å². The number of nitrogens with one attached hydrogen (secondary N) is 4. The van der Waals surface area contributed by atoms with Gasteiger partial charge < -0.3 is 15.4 Å². The number of imide groups is 1. The van der Waals surface area contributed by atoms with Crippen molar-refractivity contribution in [2.45, 2.75) is 90.8 Å². The molecule has 15 heteroatoms. The maximum Gasteiger partial charge on any atom is 0.261 e. The fraction of sp³-hybridized carbons (Fsp3) is 0.549. The van der Waals surface area contributed by atoms with Gasteiger partial charge in [-0.1, -0.05) is 35.5 Å². The van der Waals surface area contributed by atoms with Gasteiger partial charge in [0, 0.05) is 89.9 Å². The van der Waals surface area contributed by atoms with Crippen molar-refractivity contribution >= 4 is 28.4 Å². The van der Waals surface area contributed by atoms with E-state index < -0.39 is 0 Å². The minimum atomic E-state index is -0.242. The zero-order valence-electron chi connectivity index (χ0n) is 38.8. The fourth-order valence-electron chi connectivity index (χ4n) is 12.1. The SMILES string of the molecule is CCN1C(=O)c2cccc3c(-c4c[n+](CCN5CCCNCCN(CC[n+]6cc(COc7ccc8c(c7)CC[C@@H]7[C@@H]8CC[C@]8(C)C(=O)CC[C@@H]78)n[nH]6)CCCNCC5)[nH]n4)ccc(c23)C1=O. The Kier molecular flexibility index (Phi) is 13.1. The summed E-state index contributed by atoms with van der Waals surface area (Å²) in [4.78, 5) is 45.4.